The van der Waals surface area contributed by atoms with Crippen LogP contribution in [0.2, 0.25) is 0 Å². The third-order valence-corrected chi connectivity index (χ3v) is 1.82. The second-order valence-corrected chi connectivity index (χ2v) is 2.92. The molecular formula is C4H10BNO2S. The van der Waals surface area contributed by atoms with E-state index in [0.717, 1.165) is 5.65 Å². The summed E-state index contributed by atoms with van der Waals surface area (Å²) in [5.74, 6) is -0.415. The summed E-state index contributed by atoms with van der Waals surface area (Å²) >= 11 is 1.54. The van der Waals surface area contributed by atoms with Crippen LogP contribution in [0.25, 0.3) is 0 Å². The van der Waals surface area contributed by atoms with Crippen molar-refractivity contribution < 1.29 is 9.90 Å². The van der Waals surface area contributed by atoms with Crippen LogP contribution in [0.3, 0.4) is 0 Å². The van der Waals surface area contributed by atoms with Crippen molar-refractivity contribution in [2.24, 2.45) is 5.73 Å². The van der Waals surface area contributed by atoms with Gasteiger partial charge in [0.1, 0.15) is 13.9 Å². The minimum Gasteiger partial charge on any atom is -0.480 e. The predicted molar refractivity (Wildman–Crippen MR) is 41.5 cm³/mol. The van der Waals surface area contributed by atoms with Crippen molar-refractivity contribution in [3.05, 3.63) is 0 Å². The Balaban J connectivity index is 3.27. The number of carbonyl (C=O) groups is 1. The Hall–Kier alpha value is -0.155. The van der Waals surface area contributed by atoms with Gasteiger partial charge >= 0.3 is 5.97 Å². The molecule has 1 atom stereocenters. The summed E-state index contributed by atoms with van der Waals surface area (Å²) in [6.07, 6.45) is 0. The highest BCUT2D eigenvalue weighted by Crippen LogP contribution is 1.97. The first-order valence-electron chi connectivity index (χ1n) is 2.74. The summed E-state index contributed by atoms with van der Waals surface area (Å²) in [6.45, 7) is 0. The van der Waals surface area contributed by atoms with Crippen molar-refractivity contribution in [1.29, 1.82) is 0 Å². The first kappa shape index (κ1) is 8.84. The topological polar surface area (TPSA) is 63.3 Å². The van der Waals surface area contributed by atoms with Gasteiger partial charge in [0.15, 0.2) is 0 Å². The van der Waals surface area contributed by atoms with Gasteiger partial charge in [0.05, 0.1) is 0 Å². The molecule has 3 N–H and O–H groups in total. The highest BCUT2D eigenvalue weighted by Gasteiger charge is 2.09. The third-order valence-electron chi connectivity index (χ3n) is 0.819. The molecule has 0 bridgehead atoms. The first-order valence-corrected chi connectivity index (χ1v) is 3.90. The van der Waals surface area contributed by atoms with Crippen molar-refractivity contribution in [1.82, 2.24) is 0 Å². The zero-order valence-corrected chi connectivity index (χ0v) is 6.15. The van der Waals surface area contributed by atoms with Crippen molar-refractivity contribution >= 4 is 25.6 Å². The number of nitrogens with two attached hydrogens (primary N) is 1. The lowest BCUT2D eigenvalue weighted by molar-refractivity contribution is -0.137. The Kier molecular flexibility index (Phi) is 4.62. The van der Waals surface area contributed by atoms with Gasteiger partial charge in [-0.15, -0.1) is 0 Å². The molecule has 0 spiro atoms. The normalized spacial score (nSPS) is 13.0. The molecule has 0 heterocycles. The van der Waals surface area contributed by atoms with Crippen LogP contribution in [-0.2, 0) is 4.79 Å². The molecule has 3 nitrogen and oxygen atoms in total. The summed E-state index contributed by atoms with van der Waals surface area (Å²) in [6, 6.07) is -0.699. The maximum absolute atomic E-state index is 10.1. The molecule has 0 fully saturated rings. The second-order valence-electron chi connectivity index (χ2n) is 1.60. The first-order chi connectivity index (χ1) is 4.18. The fourth-order valence-corrected chi connectivity index (χ4v) is 0.948. The van der Waals surface area contributed by atoms with E-state index in [0.29, 0.717) is 5.75 Å². The van der Waals surface area contributed by atoms with Crippen LogP contribution >= 0.6 is 11.8 Å². The average Bonchev–Trinajstić information content (AvgIpc) is 1.82. The van der Waals surface area contributed by atoms with Crippen LogP contribution in [0, 0.1) is 0 Å². The SMILES string of the molecule is BCSCC(N)C(=O)O. The van der Waals surface area contributed by atoms with Crippen LogP contribution in [-0.4, -0.2) is 36.4 Å². The lowest BCUT2D eigenvalue weighted by atomic mass is 10.2. The Morgan fingerprint density at radius 2 is 2.44 bits per heavy atom. The predicted octanol–water partition coefficient (Wildman–Crippen LogP) is -1.28. The Labute approximate surface area is 59.4 Å². The zero-order chi connectivity index (χ0) is 7.28. The molecule has 0 saturated carbocycles. The molecule has 0 aliphatic rings. The molecule has 0 aliphatic carbocycles. The highest BCUT2D eigenvalue weighted by atomic mass is 32.2. The van der Waals surface area contributed by atoms with E-state index in [4.69, 9.17) is 10.8 Å². The van der Waals surface area contributed by atoms with Gasteiger partial charge in [-0.1, -0.05) is 0 Å². The number of carboxylic acids is 1. The van der Waals surface area contributed by atoms with E-state index in [9.17, 15) is 4.79 Å². The minimum atomic E-state index is -0.920. The minimum absolute atomic E-state index is 0.506. The van der Waals surface area contributed by atoms with Crippen LogP contribution in [0.4, 0.5) is 0 Å². The molecule has 9 heavy (non-hydrogen) atoms. The van der Waals surface area contributed by atoms with Crippen molar-refractivity contribution in [2.45, 2.75) is 6.04 Å². The van der Waals surface area contributed by atoms with E-state index in [-0.39, 0.29) is 0 Å². The van der Waals surface area contributed by atoms with Gasteiger partial charge in [-0.3, -0.25) is 4.79 Å². The van der Waals surface area contributed by atoms with Gasteiger partial charge in [-0.05, 0) is 5.65 Å². The molecule has 0 aromatic carbocycles. The second kappa shape index (κ2) is 4.70. The monoisotopic (exact) mass is 147 g/mol. The summed E-state index contributed by atoms with van der Waals surface area (Å²) in [5, 5.41) is 8.27. The summed E-state index contributed by atoms with van der Waals surface area (Å²) < 4.78 is 0. The van der Waals surface area contributed by atoms with E-state index in [1.165, 1.54) is 11.8 Å². The zero-order valence-electron chi connectivity index (χ0n) is 5.33. The standard InChI is InChI=1S/C4H10BNO2S/c5-2-9-1-3(6)4(7)8/h3H,1-2,5-6H2,(H,7,8). The molecule has 0 aromatic rings. The van der Waals surface area contributed by atoms with Gasteiger partial charge in [-0.2, -0.15) is 11.8 Å². The highest BCUT2D eigenvalue weighted by molar-refractivity contribution is 8.00. The van der Waals surface area contributed by atoms with Crippen LogP contribution in [0.5, 0.6) is 0 Å². The Bertz CT molecular complexity index is 101. The lowest BCUT2D eigenvalue weighted by Gasteiger charge is -2.02. The number of aliphatic carboxylic acids is 1. The van der Waals surface area contributed by atoms with E-state index >= 15 is 0 Å². The molecule has 5 heteroatoms. The maximum Gasteiger partial charge on any atom is 0.321 e. The summed E-state index contributed by atoms with van der Waals surface area (Å²) in [4.78, 5) is 10.1. The van der Waals surface area contributed by atoms with E-state index in [1.54, 1.807) is 0 Å². The van der Waals surface area contributed by atoms with Crippen LogP contribution in [0.1, 0.15) is 0 Å². The third kappa shape index (κ3) is 4.35. The maximum atomic E-state index is 10.1. The van der Waals surface area contributed by atoms with E-state index in [1.807, 2.05) is 7.85 Å². The Morgan fingerprint density at radius 3 is 2.78 bits per heavy atom. The largest absolute Gasteiger partial charge is 0.480 e. The van der Waals surface area contributed by atoms with Gasteiger partial charge in [0.2, 0.25) is 0 Å². The van der Waals surface area contributed by atoms with Crippen molar-refractivity contribution in [2.75, 3.05) is 11.4 Å². The number of rotatable bonds is 4. The summed E-state index contributed by atoms with van der Waals surface area (Å²) in [5.41, 5.74) is 6.10. The van der Waals surface area contributed by atoms with E-state index < -0.39 is 12.0 Å². The summed E-state index contributed by atoms with van der Waals surface area (Å²) in [7, 11) is 1.97. The van der Waals surface area contributed by atoms with E-state index in [2.05, 4.69) is 0 Å². The fourth-order valence-electron chi connectivity index (χ4n) is 0.316. The van der Waals surface area contributed by atoms with Crippen LogP contribution in [0.15, 0.2) is 0 Å². The Morgan fingerprint density at radius 1 is 1.89 bits per heavy atom. The molecule has 52 valence electrons. The number of hydrogen-bond donors (Lipinski definition) is 2. The molecule has 0 saturated heterocycles. The van der Waals surface area contributed by atoms with Crippen molar-refractivity contribution in [3.63, 3.8) is 0 Å². The van der Waals surface area contributed by atoms with Gasteiger partial charge < -0.3 is 10.8 Å². The number of carboxylic acid groups (broad SMARTS) is 1. The average molecular weight is 147 g/mol. The quantitative estimate of drug-likeness (QED) is 0.486. The van der Waals surface area contributed by atoms with Gasteiger partial charge in [0, 0.05) is 5.75 Å². The molecular weight excluding hydrogens is 137 g/mol. The molecule has 0 amide bonds. The number of thioether (sulfide) groups is 1. The fraction of sp³-hybridized carbons (Fsp3) is 0.750. The molecule has 1 unspecified atom stereocenters. The molecule has 0 aromatic heterocycles. The molecule has 0 rings (SSSR count). The molecule has 0 radical (unpaired) electrons. The molecule has 0 aliphatic heterocycles. The smallest absolute Gasteiger partial charge is 0.321 e. The van der Waals surface area contributed by atoms with Crippen molar-refractivity contribution in [3.8, 4) is 0 Å². The van der Waals surface area contributed by atoms with Crippen LogP contribution < -0.4 is 5.73 Å². The lowest BCUT2D eigenvalue weighted by Crippen LogP contribution is -2.32. The number of hydrogen-bond acceptors (Lipinski definition) is 3. The van der Waals surface area contributed by atoms with Gasteiger partial charge in [0.25, 0.3) is 0 Å². The van der Waals surface area contributed by atoms with Gasteiger partial charge in [-0.25, -0.2) is 0 Å².